The van der Waals surface area contributed by atoms with Crippen LogP contribution in [0.25, 0.3) is 0 Å². The van der Waals surface area contributed by atoms with Crippen LogP contribution in [0.3, 0.4) is 0 Å². The first-order valence-electron chi connectivity index (χ1n) is 12.0. The average Bonchev–Trinajstić information content (AvgIpc) is 2.79. The highest BCUT2D eigenvalue weighted by Crippen LogP contribution is 2.38. The van der Waals surface area contributed by atoms with E-state index in [1.807, 2.05) is 65.7 Å². The molecule has 2 amide bonds. The van der Waals surface area contributed by atoms with Crippen molar-refractivity contribution in [2.75, 3.05) is 11.6 Å². The molecule has 0 aliphatic carbocycles. The lowest BCUT2D eigenvalue weighted by molar-refractivity contribution is 0.0391. The summed E-state index contributed by atoms with van der Waals surface area (Å²) in [5.41, 5.74) is 5.16. The Labute approximate surface area is 207 Å². The van der Waals surface area contributed by atoms with E-state index in [1.165, 1.54) is 5.01 Å². The number of hydrogen-bond acceptors (Lipinski definition) is 6. The van der Waals surface area contributed by atoms with Gasteiger partial charge >= 0.3 is 12.2 Å². The van der Waals surface area contributed by atoms with E-state index in [1.54, 1.807) is 27.7 Å². The van der Waals surface area contributed by atoms with E-state index in [2.05, 4.69) is 19.3 Å². The lowest BCUT2D eigenvalue weighted by Crippen LogP contribution is -2.58. The van der Waals surface area contributed by atoms with Gasteiger partial charge in [-0.25, -0.2) is 20.0 Å². The van der Waals surface area contributed by atoms with Gasteiger partial charge in [0.2, 0.25) is 0 Å². The number of hydrogen-bond donors (Lipinski definition) is 1. The van der Waals surface area contributed by atoms with Crippen molar-refractivity contribution in [3.63, 3.8) is 0 Å². The van der Waals surface area contributed by atoms with Gasteiger partial charge in [0.15, 0.2) is 0 Å². The fourth-order valence-electron chi connectivity index (χ4n) is 4.00. The minimum absolute atomic E-state index is 0.145. The molecule has 1 aliphatic heterocycles. The maximum absolute atomic E-state index is 13.0. The third-order valence-corrected chi connectivity index (χ3v) is 5.66. The number of hydrazone groups is 1. The Morgan fingerprint density at radius 1 is 1.00 bits per heavy atom. The second kappa shape index (κ2) is 11.3. The topological polar surface area (TPSA) is 83.5 Å². The summed E-state index contributed by atoms with van der Waals surface area (Å²) in [5.74, 6) is 0. The molecule has 2 aromatic rings. The van der Waals surface area contributed by atoms with Crippen molar-refractivity contribution in [2.45, 2.75) is 66.2 Å². The smallest absolute Gasteiger partial charge is 0.429 e. The van der Waals surface area contributed by atoms with Crippen molar-refractivity contribution in [2.24, 2.45) is 10.5 Å². The monoisotopic (exact) mass is 480 g/mol. The number of carbonyl (C=O) groups excluding carboxylic acids is 2. The largest absolute Gasteiger partial charge is 0.446 e. The van der Waals surface area contributed by atoms with E-state index >= 15 is 0 Å². The van der Waals surface area contributed by atoms with Gasteiger partial charge in [0.1, 0.15) is 0 Å². The number of carbonyl (C=O) groups is 2. The van der Waals surface area contributed by atoms with Crippen molar-refractivity contribution < 1.29 is 19.1 Å². The molecule has 1 heterocycles. The second-order valence-corrected chi connectivity index (χ2v) is 9.88. The van der Waals surface area contributed by atoms with Crippen LogP contribution in [0.5, 0.6) is 0 Å². The lowest BCUT2D eigenvalue weighted by Gasteiger charge is -2.46. The highest BCUT2D eigenvalue weighted by molar-refractivity contribution is 6.02. The molecule has 0 spiro atoms. The predicted octanol–water partition coefficient (Wildman–Crippen LogP) is 5.59. The number of nitrogens with zero attached hydrogens (tertiary/aromatic N) is 3. The average molecular weight is 481 g/mol. The first-order chi connectivity index (χ1) is 16.6. The molecule has 8 heteroatoms. The Hall–Kier alpha value is -3.55. The fraction of sp³-hybridized carbons (Fsp3) is 0.444. The zero-order valence-electron chi connectivity index (χ0n) is 21.4. The Morgan fingerprint density at radius 2 is 1.57 bits per heavy atom. The third kappa shape index (κ3) is 6.97. The van der Waals surface area contributed by atoms with Crippen molar-refractivity contribution in [1.82, 2.24) is 10.4 Å². The van der Waals surface area contributed by atoms with Crippen molar-refractivity contribution in [3.8, 4) is 0 Å². The second-order valence-electron chi connectivity index (χ2n) is 9.88. The summed E-state index contributed by atoms with van der Waals surface area (Å²) in [6.07, 6.45) is -1.35. The molecule has 1 aliphatic rings. The molecule has 188 valence electrons. The number of para-hydroxylation sites is 1. The molecule has 0 fully saturated rings. The normalized spacial score (nSPS) is 17.1. The molecule has 1 atom stereocenters. The molecule has 0 bridgehead atoms. The van der Waals surface area contributed by atoms with Crippen LogP contribution in [-0.2, 0) is 9.47 Å². The van der Waals surface area contributed by atoms with E-state index in [9.17, 15) is 9.59 Å². The Balaban J connectivity index is 1.99. The van der Waals surface area contributed by atoms with E-state index < -0.39 is 12.2 Å². The van der Waals surface area contributed by atoms with Gasteiger partial charge in [-0.1, -0.05) is 62.4 Å². The molecule has 8 nitrogen and oxygen atoms in total. The van der Waals surface area contributed by atoms with Crippen LogP contribution in [0, 0.1) is 5.41 Å². The summed E-state index contributed by atoms with van der Waals surface area (Å²) < 4.78 is 10.6. The first kappa shape index (κ1) is 26.1. The summed E-state index contributed by atoms with van der Waals surface area (Å²) in [4.78, 5) is 25.4. The zero-order chi connectivity index (χ0) is 25.6. The van der Waals surface area contributed by atoms with Gasteiger partial charge in [0.05, 0.1) is 36.2 Å². The van der Waals surface area contributed by atoms with Crippen LogP contribution < -0.4 is 10.4 Å². The third-order valence-electron chi connectivity index (χ3n) is 5.66. The minimum atomic E-state index is -0.714. The number of benzene rings is 2. The number of amides is 2. The van der Waals surface area contributed by atoms with Gasteiger partial charge in [0.25, 0.3) is 0 Å². The quantitative estimate of drug-likeness (QED) is 0.545. The van der Waals surface area contributed by atoms with Gasteiger partial charge in [-0.15, -0.1) is 0 Å². The first-order valence-corrected chi connectivity index (χ1v) is 12.0. The number of anilines is 1. The molecule has 0 saturated carbocycles. The molecule has 3 rings (SSSR count). The maximum Gasteiger partial charge on any atom is 0.429 e. The van der Waals surface area contributed by atoms with Crippen molar-refractivity contribution >= 4 is 23.6 Å². The summed E-state index contributed by atoms with van der Waals surface area (Å²) >= 11 is 0. The maximum atomic E-state index is 13.0. The fourth-order valence-corrected chi connectivity index (χ4v) is 4.00. The van der Waals surface area contributed by atoms with Crippen molar-refractivity contribution in [3.05, 3.63) is 66.2 Å². The zero-order valence-corrected chi connectivity index (χ0v) is 21.4. The minimum Gasteiger partial charge on any atom is -0.446 e. The molecule has 1 N–H and O–H groups in total. The number of hydrazine groups is 1. The summed E-state index contributed by atoms with van der Waals surface area (Å²) in [6.45, 7) is 11.5. The van der Waals surface area contributed by atoms with Crippen molar-refractivity contribution in [1.29, 1.82) is 0 Å². The van der Waals surface area contributed by atoms with Gasteiger partial charge in [0, 0.05) is 0 Å². The molecule has 0 saturated heterocycles. The van der Waals surface area contributed by atoms with Gasteiger partial charge in [-0.05, 0) is 57.2 Å². The highest BCUT2D eigenvalue weighted by atomic mass is 16.6. The van der Waals surface area contributed by atoms with E-state index in [0.717, 1.165) is 17.0 Å². The molecule has 0 radical (unpaired) electrons. The molecular formula is C27H36N4O4. The van der Waals surface area contributed by atoms with Gasteiger partial charge < -0.3 is 9.47 Å². The Morgan fingerprint density at radius 3 is 2.14 bits per heavy atom. The molecular weight excluding hydrogens is 444 g/mol. The van der Waals surface area contributed by atoms with E-state index in [-0.39, 0.29) is 30.2 Å². The summed E-state index contributed by atoms with van der Waals surface area (Å²) in [7, 11) is 0. The standard InChI is InChI=1S/C27H36N4O4/c1-19(2)34-25(32)29-30(26(33)35-20(3)4)18-24-27(5,6)17-23(21-13-9-7-10-14-21)28-31(24)22-15-11-8-12-16-22/h7-16,19-20,24H,17-18H2,1-6H3,(H,29,32). The molecule has 2 aromatic carbocycles. The Bertz CT molecular complexity index is 1020. The van der Waals surface area contributed by atoms with E-state index in [4.69, 9.17) is 14.6 Å². The Kier molecular flexibility index (Phi) is 8.38. The molecule has 35 heavy (non-hydrogen) atoms. The number of rotatable bonds is 6. The van der Waals surface area contributed by atoms with Crippen LogP contribution in [0.2, 0.25) is 0 Å². The van der Waals surface area contributed by atoms with Crippen LogP contribution in [0.4, 0.5) is 15.3 Å². The molecule has 0 aromatic heterocycles. The van der Waals surface area contributed by atoms with Gasteiger partial charge in [-0.2, -0.15) is 5.10 Å². The highest BCUT2D eigenvalue weighted by Gasteiger charge is 2.42. The lowest BCUT2D eigenvalue weighted by atomic mass is 9.76. The SMILES string of the molecule is CC(C)OC(=O)NN(CC1N(c2ccccc2)N=C(c2ccccc2)CC1(C)C)C(=O)OC(C)C. The number of nitrogens with one attached hydrogen (secondary N) is 1. The van der Waals surface area contributed by atoms with Gasteiger partial charge in [-0.3, -0.25) is 5.01 Å². The van der Waals surface area contributed by atoms with Crippen LogP contribution >= 0.6 is 0 Å². The summed E-state index contributed by atoms with van der Waals surface area (Å²) in [5, 5.41) is 8.16. The molecule has 1 unspecified atom stereocenters. The number of ether oxygens (including phenoxy) is 2. The van der Waals surface area contributed by atoms with Crippen LogP contribution in [-0.4, -0.2) is 47.7 Å². The predicted molar refractivity (Wildman–Crippen MR) is 137 cm³/mol. The summed E-state index contributed by atoms with van der Waals surface area (Å²) in [6, 6.07) is 19.6. The van der Waals surface area contributed by atoms with Crippen LogP contribution in [0.15, 0.2) is 65.8 Å². The van der Waals surface area contributed by atoms with E-state index in [0.29, 0.717) is 6.42 Å². The van der Waals surface area contributed by atoms with Crippen LogP contribution in [0.1, 0.15) is 53.5 Å².